The molecule has 2 heterocycles. The van der Waals surface area contributed by atoms with Gasteiger partial charge in [0, 0.05) is 12.7 Å². The summed E-state index contributed by atoms with van der Waals surface area (Å²) in [6.07, 6.45) is 2.55. The van der Waals surface area contributed by atoms with Crippen LogP contribution < -0.4 is 10.6 Å². The fraction of sp³-hybridized carbons (Fsp3) is 0.455. The number of carbonyl (C=O) groups excluding carboxylic acids is 1. The summed E-state index contributed by atoms with van der Waals surface area (Å²) < 4.78 is 0. The van der Waals surface area contributed by atoms with Crippen molar-refractivity contribution in [2.24, 2.45) is 5.41 Å². The van der Waals surface area contributed by atoms with Gasteiger partial charge in [-0.25, -0.2) is 4.98 Å². The van der Waals surface area contributed by atoms with Crippen molar-refractivity contribution < 1.29 is 4.79 Å². The van der Waals surface area contributed by atoms with Crippen LogP contribution in [-0.4, -0.2) is 22.4 Å². The van der Waals surface area contributed by atoms with E-state index in [1.165, 1.54) is 11.1 Å². The molecule has 2 rings (SSSR count). The zero-order valence-corrected chi connectivity index (χ0v) is 9.55. The van der Waals surface area contributed by atoms with Gasteiger partial charge < -0.3 is 5.73 Å². The van der Waals surface area contributed by atoms with Crippen molar-refractivity contribution in [2.45, 2.75) is 19.8 Å². The van der Waals surface area contributed by atoms with Gasteiger partial charge in [-0.05, 0) is 18.9 Å². The fourth-order valence-electron chi connectivity index (χ4n) is 2.01. The number of aromatic nitrogens is 2. The molecule has 0 bridgehead atoms. The summed E-state index contributed by atoms with van der Waals surface area (Å²) in [4.78, 5) is 21.5. The molecule has 1 aliphatic rings. The van der Waals surface area contributed by atoms with Crippen molar-refractivity contribution in [3.63, 3.8) is 0 Å². The normalized spacial score (nSPS) is 23.8. The number of carbonyl (C=O) groups is 1. The third-order valence-electron chi connectivity index (χ3n) is 3.17. The van der Waals surface area contributed by atoms with E-state index in [-0.39, 0.29) is 11.9 Å². The predicted octanol–water partition coefficient (Wildman–Crippen LogP) is 0.715. The summed E-state index contributed by atoms with van der Waals surface area (Å²) in [6.45, 7) is 2.34. The second kappa shape index (κ2) is 4.01. The molecule has 0 saturated carbocycles. The molecule has 1 unspecified atom stereocenters. The minimum Gasteiger partial charge on any atom is -0.368 e. The van der Waals surface area contributed by atoms with Gasteiger partial charge in [-0.1, -0.05) is 6.92 Å². The molecule has 0 radical (unpaired) electrons. The van der Waals surface area contributed by atoms with Gasteiger partial charge in [0.1, 0.15) is 11.2 Å². The van der Waals surface area contributed by atoms with E-state index >= 15 is 0 Å². The zero-order valence-electron chi connectivity index (χ0n) is 9.55. The number of nitrogens with two attached hydrogens (primary N) is 1. The Balaban J connectivity index is 2.33. The summed E-state index contributed by atoms with van der Waals surface area (Å²) in [5.41, 5.74) is 4.58. The largest absolute Gasteiger partial charge is 0.368 e. The molecule has 1 atom stereocenters. The van der Waals surface area contributed by atoms with Crippen LogP contribution in [-0.2, 0) is 4.79 Å². The summed E-state index contributed by atoms with van der Waals surface area (Å²) >= 11 is 0. The van der Waals surface area contributed by atoms with Crippen molar-refractivity contribution >= 4 is 17.7 Å². The van der Waals surface area contributed by atoms with Crippen LogP contribution in [0.1, 0.15) is 19.8 Å². The standard InChI is InChI=1S/C11H13N5O/c1-2-11(7-12)4-6-16(9(11)17)8-3-5-14-10(13)15-8/h3,5H,2,4,6H2,1H3,(H2,13,14,15). The number of hydrogen-bond donors (Lipinski definition) is 1. The molecule has 1 fully saturated rings. The summed E-state index contributed by atoms with van der Waals surface area (Å²) in [7, 11) is 0. The number of amides is 1. The molecule has 0 aromatic carbocycles. The highest BCUT2D eigenvalue weighted by molar-refractivity contribution is 6.01. The monoisotopic (exact) mass is 231 g/mol. The lowest BCUT2D eigenvalue weighted by Gasteiger charge is -2.18. The van der Waals surface area contributed by atoms with Crippen molar-refractivity contribution in [3.8, 4) is 6.07 Å². The van der Waals surface area contributed by atoms with Crippen LogP contribution in [0, 0.1) is 16.7 Å². The van der Waals surface area contributed by atoms with E-state index in [2.05, 4.69) is 16.0 Å². The van der Waals surface area contributed by atoms with Crippen molar-refractivity contribution in [2.75, 3.05) is 17.2 Å². The second-order valence-electron chi connectivity index (χ2n) is 4.03. The molecule has 0 spiro atoms. The number of nitrogen functional groups attached to an aromatic ring is 1. The maximum Gasteiger partial charge on any atom is 0.248 e. The lowest BCUT2D eigenvalue weighted by molar-refractivity contribution is -0.123. The molecule has 2 N–H and O–H groups in total. The van der Waals surface area contributed by atoms with E-state index in [1.54, 1.807) is 6.07 Å². The molecular formula is C11H13N5O. The van der Waals surface area contributed by atoms with Crippen LogP contribution in [0.5, 0.6) is 0 Å². The minimum absolute atomic E-state index is 0.126. The smallest absolute Gasteiger partial charge is 0.248 e. The second-order valence-corrected chi connectivity index (χ2v) is 4.03. The Morgan fingerprint density at radius 3 is 3.00 bits per heavy atom. The van der Waals surface area contributed by atoms with E-state index < -0.39 is 5.41 Å². The van der Waals surface area contributed by atoms with E-state index in [0.29, 0.717) is 25.2 Å². The number of anilines is 2. The Morgan fingerprint density at radius 2 is 2.47 bits per heavy atom. The molecule has 1 amide bonds. The number of hydrogen-bond acceptors (Lipinski definition) is 5. The lowest BCUT2D eigenvalue weighted by atomic mass is 9.85. The first-order valence-electron chi connectivity index (χ1n) is 5.45. The molecule has 1 saturated heterocycles. The average Bonchev–Trinajstić information content (AvgIpc) is 2.67. The molecule has 1 aromatic heterocycles. The summed E-state index contributed by atoms with van der Waals surface area (Å²) in [6, 6.07) is 3.75. The number of rotatable bonds is 2. The first-order chi connectivity index (χ1) is 8.13. The molecule has 17 heavy (non-hydrogen) atoms. The molecule has 6 heteroatoms. The Hall–Kier alpha value is -2.16. The van der Waals surface area contributed by atoms with Gasteiger partial charge in [0.15, 0.2) is 0 Å². The Morgan fingerprint density at radius 1 is 1.71 bits per heavy atom. The number of nitriles is 1. The predicted molar refractivity (Wildman–Crippen MR) is 61.8 cm³/mol. The minimum atomic E-state index is -0.903. The molecule has 0 aliphatic carbocycles. The first-order valence-corrected chi connectivity index (χ1v) is 5.45. The highest BCUT2D eigenvalue weighted by atomic mass is 16.2. The SMILES string of the molecule is CCC1(C#N)CCN(c2ccnc(N)n2)C1=O. The quantitative estimate of drug-likeness (QED) is 0.808. The van der Waals surface area contributed by atoms with Gasteiger partial charge >= 0.3 is 0 Å². The summed E-state index contributed by atoms with van der Waals surface area (Å²) in [5.74, 6) is 0.398. The van der Waals surface area contributed by atoms with E-state index in [0.717, 1.165) is 0 Å². The molecule has 6 nitrogen and oxygen atoms in total. The maximum absolute atomic E-state index is 12.2. The third kappa shape index (κ3) is 1.69. The Bertz CT molecular complexity index is 495. The van der Waals surface area contributed by atoms with Crippen LogP contribution in [0.2, 0.25) is 0 Å². The van der Waals surface area contributed by atoms with Gasteiger partial charge in [0.2, 0.25) is 11.9 Å². The molecule has 1 aliphatic heterocycles. The number of nitrogens with zero attached hydrogens (tertiary/aromatic N) is 4. The van der Waals surface area contributed by atoms with Crippen LogP contribution in [0.15, 0.2) is 12.3 Å². The van der Waals surface area contributed by atoms with Gasteiger partial charge in [-0.15, -0.1) is 0 Å². The maximum atomic E-state index is 12.2. The van der Waals surface area contributed by atoms with Gasteiger partial charge in [-0.3, -0.25) is 9.69 Å². The van der Waals surface area contributed by atoms with Gasteiger partial charge in [-0.2, -0.15) is 10.2 Å². The fourth-order valence-corrected chi connectivity index (χ4v) is 2.01. The van der Waals surface area contributed by atoms with E-state index in [1.807, 2.05) is 6.92 Å². The highest BCUT2D eigenvalue weighted by Gasteiger charge is 2.46. The highest BCUT2D eigenvalue weighted by Crippen LogP contribution is 2.36. The van der Waals surface area contributed by atoms with Gasteiger partial charge in [0.05, 0.1) is 6.07 Å². The zero-order chi connectivity index (χ0) is 12.5. The molecular weight excluding hydrogens is 218 g/mol. The Kier molecular flexibility index (Phi) is 2.68. The van der Waals surface area contributed by atoms with Crippen molar-refractivity contribution in [1.29, 1.82) is 5.26 Å². The van der Waals surface area contributed by atoms with E-state index in [9.17, 15) is 4.79 Å². The Labute approximate surface area is 99.1 Å². The first kappa shape index (κ1) is 11.3. The van der Waals surface area contributed by atoms with Crippen molar-refractivity contribution in [3.05, 3.63) is 12.3 Å². The lowest BCUT2D eigenvalue weighted by Crippen LogP contribution is -2.33. The van der Waals surface area contributed by atoms with Crippen LogP contribution in [0.3, 0.4) is 0 Å². The van der Waals surface area contributed by atoms with Crippen LogP contribution in [0.25, 0.3) is 0 Å². The van der Waals surface area contributed by atoms with Gasteiger partial charge in [0.25, 0.3) is 0 Å². The topological polar surface area (TPSA) is 95.9 Å². The van der Waals surface area contributed by atoms with Crippen LogP contribution >= 0.6 is 0 Å². The van der Waals surface area contributed by atoms with E-state index in [4.69, 9.17) is 11.0 Å². The third-order valence-corrected chi connectivity index (χ3v) is 3.17. The van der Waals surface area contributed by atoms with Crippen LogP contribution in [0.4, 0.5) is 11.8 Å². The summed E-state index contributed by atoms with van der Waals surface area (Å²) in [5, 5.41) is 9.15. The molecule has 1 aromatic rings. The van der Waals surface area contributed by atoms with Crippen molar-refractivity contribution in [1.82, 2.24) is 9.97 Å². The average molecular weight is 231 g/mol. The molecule has 88 valence electrons.